The Labute approximate surface area is 172 Å². The number of sulfonamides is 1. The Morgan fingerprint density at radius 1 is 1.23 bits per heavy atom. The van der Waals surface area contributed by atoms with Crippen LogP contribution in [0, 0.1) is 17.6 Å². The number of rotatable bonds is 4. The van der Waals surface area contributed by atoms with Gasteiger partial charge in [-0.2, -0.15) is 0 Å². The highest BCUT2D eigenvalue weighted by atomic mass is 32.2. The number of halogens is 2. The molecule has 0 bridgehead atoms. The third kappa shape index (κ3) is 3.42. The van der Waals surface area contributed by atoms with Gasteiger partial charge in [0.25, 0.3) is 5.91 Å². The average molecular weight is 444 g/mol. The second-order valence-corrected chi connectivity index (χ2v) is 9.36. The molecular formula is C18H22F2N4O5S. The zero-order chi connectivity index (χ0) is 21.7. The van der Waals surface area contributed by atoms with E-state index in [-0.39, 0.29) is 17.7 Å². The number of carbonyl (C=O) groups is 2. The molecule has 12 heteroatoms. The molecule has 0 radical (unpaired) electrons. The molecule has 4 N–H and O–H groups in total. The molecule has 2 heterocycles. The molecule has 164 valence electrons. The van der Waals surface area contributed by atoms with E-state index in [0.717, 1.165) is 6.07 Å². The summed E-state index contributed by atoms with van der Waals surface area (Å²) in [4.78, 5) is 24.9. The molecule has 1 saturated carbocycles. The van der Waals surface area contributed by atoms with E-state index in [1.807, 2.05) is 0 Å². The largest absolute Gasteiger partial charge is 0.378 e. The molecule has 9 nitrogen and oxygen atoms in total. The van der Waals surface area contributed by atoms with Crippen molar-refractivity contribution in [3.05, 3.63) is 23.3 Å². The lowest BCUT2D eigenvalue weighted by Crippen LogP contribution is -2.50. The zero-order valence-corrected chi connectivity index (χ0v) is 16.9. The van der Waals surface area contributed by atoms with Crippen LogP contribution in [0.3, 0.4) is 0 Å². The number of anilines is 1. The van der Waals surface area contributed by atoms with Crippen LogP contribution in [0.5, 0.6) is 0 Å². The number of amides is 3. The van der Waals surface area contributed by atoms with Crippen LogP contribution in [-0.4, -0.2) is 52.2 Å². The van der Waals surface area contributed by atoms with Gasteiger partial charge in [0, 0.05) is 13.1 Å². The van der Waals surface area contributed by atoms with Gasteiger partial charge in [-0.3, -0.25) is 10.1 Å². The lowest BCUT2D eigenvalue weighted by Gasteiger charge is -2.33. The molecule has 3 fully saturated rings. The van der Waals surface area contributed by atoms with Gasteiger partial charge in [-0.15, -0.1) is 0 Å². The normalized spacial score (nSPS) is 26.9. The molecule has 3 amide bonds. The fourth-order valence-electron chi connectivity index (χ4n) is 4.72. The van der Waals surface area contributed by atoms with Crippen LogP contribution in [0.2, 0.25) is 0 Å². The average Bonchev–Trinajstić information content (AvgIpc) is 3.20. The van der Waals surface area contributed by atoms with Crippen molar-refractivity contribution in [1.29, 1.82) is 0 Å². The standard InChI is InChI=1S/C18H22F2N4O5S/c19-13-12(30(21,27)28)9-10(15(14(13)20)24-4-6-29-7-5-24)8-11-2-1-3-18(11)16(25)22-17(26)23-18/h9,11H,1-8H2,(H2,21,27,28)(H2,22,23,25,26). The Balaban J connectivity index is 1.80. The molecule has 1 aliphatic carbocycles. The summed E-state index contributed by atoms with van der Waals surface area (Å²) in [6.07, 6.45) is 1.69. The molecule has 0 aromatic heterocycles. The fraction of sp³-hybridized carbons (Fsp3) is 0.556. The predicted molar refractivity (Wildman–Crippen MR) is 101 cm³/mol. The number of nitrogens with zero attached hydrogens (tertiary/aromatic N) is 1. The van der Waals surface area contributed by atoms with E-state index in [4.69, 9.17) is 9.88 Å². The SMILES string of the molecule is NS(=O)(=O)c1cc(CC2CCCC23NC(=O)NC3=O)c(N2CCOCC2)c(F)c1F. The number of primary sulfonamides is 1. The first kappa shape index (κ1) is 20.9. The summed E-state index contributed by atoms with van der Waals surface area (Å²) in [5.74, 6) is -3.71. The van der Waals surface area contributed by atoms with Crippen LogP contribution in [0.15, 0.2) is 11.0 Å². The highest BCUT2D eigenvalue weighted by Crippen LogP contribution is 2.42. The zero-order valence-electron chi connectivity index (χ0n) is 16.0. The predicted octanol–water partition coefficient (Wildman–Crippen LogP) is 0.370. The lowest BCUT2D eigenvalue weighted by molar-refractivity contribution is -0.125. The van der Waals surface area contributed by atoms with Gasteiger partial charge >= 0.3 is 6.03 Å². The number of nitrogens with two attached hydrogens (primary N) is 1. The Kier molecular flexibility index (Phi) is 5.19. The summed E-state index contributed by atoms with van der Waals surface area (Å²) in [5.41, 5.74) is -0.985. The number of carbonyl (C=O) groups excluding carboxylic acids is 2. The van der Waals surface area contributed by atoms with Crippen LogP contribution in [0.25, 0.3) is 0 Å². The Morgan fingerprint density at radius 2 is 1.93 bits per heavy atom. The van der Waals surface area contributed by atoms with E-state index in [9.17, 15) is 22.4 Å². The maximum absolute atomic E-state index is 15.1. The summed E-state index contributed by atoms with van der Waals surface area (Å²) >= 11 is 0. The summed E-state index contributed by atoms with van der Waals surface area (Å²) in [5, 5.41) is 10.0. The van der Waals surface area contributed by atoms with Crippen molar-refractivity contribution in [2.24, 2.45) is 11.1 Å². The minimum atomic E-state index is -4.51. The quantitative estimate of drug-likeness (QED) is 0.575. The number of morpholine rings is 1. The molecule has 1 aromatic rings. The second-order valence-electron chi connectivity index (χ2n) is 7.83. The highest BCUT2D eigenvalue weighted by molar-refractivity contribution is 7.89. The Bertz CT molecular complexity index is 1010. The van der Waals surface area contributed by atoms with E-state index in [1.165, 1.54) is 0 Å². The van der Waals surface area contributed by atoms with Crippen LogP contribution in [0.1, 0.15) is 24.8 Å². The van der Waals surface area contributed by atoms with Crippen LogP contribution in [-0.2, 0) is 26.0 Å². The minimum Gasteiger partial charge on any atom is -0.378 e. The highest BCUT2D eigenvalue weighted by Gasteiger charge is 2.54. The first-order valence-corrected chi connectivity index (χ1v) is 11.2. The third-order valence-electron chi connectivity index (χ3n) is 6.12. The van der Waals surface area contributed by atoms with Gasteiger partial charge in [-0.25, -0.2) is 27.1 Å². The van der Waals surface area contributed by atoms with Crippen LogP contribution < -0.4 is 20.7 Å². The summed E-state index contributed by atoms with van der Waals surface area (Å²) in [6, 6.07) is 0.440. The molecule has 2 saturated heterocycles. The van der Waals surface area contributed by atoms with Crippen molar-refractivity contribution in [3.8, 4) is 0 Å². The molecule has 4 rings (SSSR count). The van der Waals surface area contributed by atoms with Crippen molar-refractivity contribution in [3.63, 3.8) is 0 Å². The van der Waals surface area contributed by atoms with E-state index in [2.05, 4.69) is 10.6 Å². The van der Waals surface area contributed by atoms with Crippen molar-refractivity contribution < 1.29 is 31.5 Å². The molecule has 1 spiro atoms. The minimum absolute atomic E-state index is 0.0602. The second kappa shape index (κ2) is 7.43. The van der Waals surface area contributed by atoms with Gasteiger partial charge in [-0.1, -0.05) is 6.42 Å². The molecule has 1 aromatic carbocycles. The van der Waals surface area contributed by atoms with Crippen molar-refractivity contribution in [2.75, 3.05) is 31.2 Å². The van der Waals surface area contributed by atoms with Gasteiger partial charge in [0.05, 0.1) is 18.9 Å². The Hall–Kier alpha value is -2.31. The van der Waals surface area contributed by atoms with Gasteiger partial charge in [0.15, 0.2) is 11.6 Å². The smallest absolute Gasteiger partial charge is 0.322 e. The molecule has 2 atom stereocenters. The number of urea groups is 1. The first-order chi connectivity index (χ1) is 14.1. The fourth-order valence-corrected chi connectivity index (χ4v) is 5.37. The number of imide groups is 1. The Morgan fingerprint density at radius 3 is 2.53 bits per heavy atom. The maximum Gasteiger partial charge on any atom is 0.322 e. The number of nitrogens with one attached hydrogen (secondary N) is 2. The number of ether oxygens (including phenoxy) is 1. The van der Waals surface area contributed by atoms with Crippen LogP contribution >= 0.6 is 0 Å². The van der Waals surface area contributed by atoms with Gasteiger partial charge in [-0.05, 0) is 36.8 Å². The van der Waals surface area contributed by atoms with Crippen LogP contribution in [0.4, 0.5) is 19.3 Å². The number of hydrogen-bond acceptors (Lipinski definition) is 6. The van der Waals surface area contributed by atoms with Gasteiger partial charge in [0.2, 0.25) is 10.0 Å². The number of benzene rings is 1. The first-order valence-electron chi connectivity index (χ1n) is 9.63. The van der Waals surface area contributed by atoms with Crippen molar-refractivity contribution in [2.45, 2.75) is 36.1 Å². The summed E-state index contributed by atoms with van der Waals surface area (Å²) in [7, 11) is -4.51. The van der Waals surface area contributed by atoms with Crippen molar-refractivity contribution in [1.82, 2.24) is 10.6 Å². The lowest BCUT2D eigenvalue weighted by atomic mass is 9.82. The summed E-state index contributed by atoms with van der Waals surface area (Å²) in [6.45, 7) is 1.21. The summed E-state index contributed by atoms with van der Waals surface area (Å²) < 4.78 is 58.7. The van der Waals surface area contributed by atoms with Crippen molar-refractivity contribution >= 4 is 27.6 Å². The van der Waals surface area contributed by atoms with Gasteiger partial charge < -0.3 is 15.0 Å². The number of hydrogen-bond donors (Lipinski definition) is 3. The maximum atomic E-state index is 15.1. The van der Waals surface area contributed by atoms with Gasteiger partial charge in [0.1, 0.15) is 10.4 Å². The topological polar surface area (TPSA) is 131 Å². The molecular weight excluding hydrogens is 422 g/mol. The third-order valence-corrected chi connectivity index (χ3v) is 7.03. The van der Waals surface area contributed by atoms with E-state index in [1.54, 1.807) is 4.90 Å². The molecule has 2 aliphatic heterocycles. The monoisotopic (exact) mass is 444 g/mol. The van der Waals surface area contributed by atoms with E-state index < -0.39 is 49.9 Å². The molecule has 2 unspecified atom stereocenters. The molecule has 3 aliphatic rings. The van der Waals surface area contributed by atoms with E-state index >= 15 is 4.39 Å². The van der Waals surface area contributed by atoms with E-state index in [0.29, 0.717) is 45.6 Å². The molecule has 30 heavy (non-hydrogen) atoms.